The highest BCUT2D eigenvalue weighted by Crippen LogP contribution is 2.16. The Morgan fingerprint density at radius 2 is 2.06 bits per heavy atom. The molecule has 1 aromatic rings. The molecule has 0 saturated carbocycles. The standard InChI is InChI=1S/C13H18BrNO2/c1-3-13(15,4-2)12(16)17-9-10-6-5-7-11(14)8-10/h5-8H,3-4,9,15H2,1-2H3. The van der Waals surface area contributed by atoms with Gasteiger partial charge in [-0.15, -0.1) is 0 Å². The molecule has 0 saturated heterocycles. The minimum atomic E-state index is -0.855. The smallest absolute Gasteiger partial charge is 0.326 e. The third-order valence-electron chi connectivity index (χ3n) is 2.93. The Balaban J connectivity index is 2.59. The number of carbonyl (C=O) groups is 1. The van der Waals surface area contributed by atoms with Gasteiger partial charge in [0.05, 0.1) is 0 Å². The zero-order valence-electron chi connectivity index (χ0n) is 10.2. The lowest BCUT2D eigenvalue weighted by atomic mass is 9.95. The van der Waals surface area contributed by atoms with Gasteiger partial charge in [0.15, 0.2) is 0 Å². The first-order valence-electron chi connectivity index (χ1n) is 5.72. The summed E-state index contributed by atoms with van der Waals surface area (Å²) in [5.41, 5.74) is 6.04. The Kier molecular flexibility index (Phi) is 5.15. The Hall–Kier alpha value is -0.870. The van der Waals surface area contributed by atoms with Gasteiger partial charge in [0.2, 0.25) is 0 Å². The van der Waals surface area contributed by atoms with Crippen LogP contribution in [-0.4, -0.2) is 11.5 Å². The van der Waals surface area contributed by atoms with Crippen LogP contribution in [0.4, 0.5) is 0 Å². The second-order valence-corrected chi connectivity index (χ2v) is 4.98. The molecule has 0 aliphatic heterocycles. The molecule has 4 heteroatoms. The van der Waals surface area contributed by atoms with Gasteiger partial charge in [-0.05, 0) is 30.5 Å². The molecular weight excluding hydrogens is 282 g/mol. The van der Waals surface area contributed by atoms with Crippen LogP contribution in [0.2, 0.25) is 0 Å². The highest BCUT2D eigenvalue weighted by atomic mass is 79.9. The largest absolute Gasteiger partial charge is 0.459 e. The maximum atomic E-state index is 11.8. The number of halogens is 1. The van der Waals surface area contributed by atoms with E-state index in [-0.39, 0.29) is 12.6 Å². The lowest BCUT2D eigenvalue weighted by Gasteiger charge is -2.23. The van der Waals surface area contributed by atoms with Gasteiger partial charge in [-0.1, -0.05) is 41.9 Å². The van der Waals surface area contributed by atoms with Gasteiger partial charge in [-0.2, -0.15) is 0 Å². The van der Waals surface area contributed by atoms with E-state index in [1.807, 2.05) is 38.1 Å². The molecular formula is C13H18BrNO2. The van der Waals surface area contributed by atoms with Gasteiger partial charge < -0.3 is 10.5 Å². The number of rotatable bonds is 5. The monoisotopic (exact) mass is 299 g/mol. The van der Waals surface area contributed by atoms with E-state index in [9.17, 15) is 4.79 Å². The van der Waals surface area contributed by atoms with Crippen LogP contribution in [-0.2, 0) is 16.1 Å². The van der Waals surface area contributed by atoms with E-state index in [4.69, 9.17) is 10.5 Å². The van der Waals surface area contributed by atoms with E-state index in [0.717, 1.165) is 10.0 Å². The predicted octanol–water partition coefficient (Wildman–Crippen LogP) is 3.01. The van der Waals surface area contributed by atoms with Crippen molar-refractivity contribution in [3.05, 3.63) is 34.3 Å². The second kappa shape index (κ2) is 6.17. The van der Waals surface area contributed by atoms with E-state index in [0.29, 0.717) is 12.8 Å². The summed E-state index contributed by atoms with van der Waals surface area (Å²) in [5, 5.41) is 0. The third-order valence-corrected chi connectivity index (χ3v) is 3.42. The molecule has 0 atom stereocenters. The minimum absolute atomic E-state index is 0.261. The lowest BCUT2D eigenvalue weighted by Crippen LogP contribution is -2.47. The van der Waals surface area contributed by atoms with Gasteiger partial charge in [0.25, 0.3) is 0 Å². The molecule has 94 valence electrons. The zero-order chi connectivity index (χ0) is 12.9. The average molecular weight is 300 g/mol. The summed E-state index contributed by atoms with van der Waals surface area (Å²) < 4.78 is 6.21. The number of hydrogen-bond acceptors (Lipinski definition) is 3. The van der Waals surface area contributed by atoms with Gasteiger partial charge in [-0.3, -0.25) is 4.79 Å². The SMILES string of the molecule is CCC(N)(CC)C(=O)OCc1cccc(Br)c1. The summed E-state index contributed by atoms with van der Waals surface area (Å²) in [4.78, 5) is 11.8. The van der Waals surface area contributed by atoms with Crippen molar-refractivity contribution in [1.29, 1.82) is 0 Å². The molecule has 0 unspecified atom stereocenters. The maximum Gasteiger partial charge on any atom is 0.326 e. The first kappa shape index (κ1) is 14.2. The van der Waals surface area contributed by atoms with Crippen LogP contribution >= 0.6 is 15.9 Å². The number of esters is 1. The van der Waals surface area contributed by atoms with Crippen molar-refractivity contribution in [2.24, 2.45) is 5.73 Å². The molecule has 0 spiro atoms. The molecule has 0 radical (unpaired) electrons. The highest BCUT2D eigenvalue weighted by Gasteiger charge is 2.31. The summed E-state index contributed by atoms with van der Waals surface area (Å²) in [6.07, 6.45) is 1.17. The first-order chi connectivity index (χ1) is 8.01. The molecule has 3 nitrogen and oxygen atoms in total. The van der Waals surface area contributed by atoms with Crippen LogP contribution in [0.1, 0.15) is 32.3 Å². The van der Waals surface area contributed by atoms with Crippen LogP contribution in [0, 0.1) is 0 Å². The summed E-state index contributed by atoms with van der Waals surface area (Å²) in [5.74, 6) is -0.331. The Morgan fingerprint density at radius 3 is 2.59 bits per heavy atom. The van der Waals surface area contributed by atoms with Crippen LogP contribution in [0.3, 0.4) is 0 Å². The maximum absolute atomic E-state index is 11.8. The number of ether oxygens (including phenoxy) is 1. The highest BCUT2D eigenvalue weighted by molar-refractivity contribution is 9.10. The van der Waals surface area contributed by atoms with E-state index in [1.165, 1.54) is 0 Å². The second-order valence-electron chi connectivity index (χ2n) is 4.07. The summed E-state index contributed by atoms with van der Waals surface area (Å²) in [6.45, 7) is 4.05. The molecule has 0 aliphatic rings. The molecule has 0 fully saturated rings. The molecule has 0 aromatic heterocycles. The van der Waals surface area contributed by atoms with E-state index in [2.05, 4.69) is 15.9 Å². The van der Waals surface area contributed by atoms with E-state index < -0.39 is 5.54 Å². The van der Waals surface area contributed by atoms with Crippen molar-refractivity contribution in [2.75, 3.05) is 0 Å². The van der Waals surface area contributed by atoms with Crippen molar-refractivity contribution in [3.8, 4) is 0 Å². The lowest BCUT2D eigenvalue weighted by molar-refractivity contribution is -0.151. The van der Waals surface area contributed by atoms with Crippen molar-refractivity contribution in [2.45, 2.75) is 38.8 Å². The molecule has 0 heterocycles. The fraction of sp³-hybridized carbons (Fsp3) is 0.462. The van der Waals surface area contributed by atoms with E-state index in [1.54, 1.807) is 0 Å². The fourth-order valence-electron chi connectivity index (χ4n) is 1.46. The number of benzene rings is 1. The molecule has 0 aliphatic carbocycles. The minimum Gasteiger partial charge on any atom is -0.459 e. The normalized spacial score (nSPS) is 11.3. The molecule has 0 amide bonds. The third kappa shape index (κ3) is 3.82. The van der Waals surface area contributed by atoms with E-state index >= 15 is 0 Å². The van der Waals surface area contributed by atoms with Gasteiger partial charge in [0.1, 0.15) is 12.1 Å². The molecule has 17 heavy (non-hydrogen) atoms. The van der Waals surface area contributed by atoms with Crippen LogP contribution in [0.15, 0.2) is 28.7 Å². The number of hydrogen-bond donors (Lipinski definition) is 1. The summed E-state index contributed by atoms with van der Waals surface area (Å²) >= 11 is 3.37. The summed E-state index contributed by atoms with van der Waals surface area (Å²) in [6, 6.07) is 7.66. The Morgan fingerprint density at radius 1 is 1.41 bits per heavy atom. The van der Waals surface area contributed by atoms with Gasteiger partial charge >= 0.3 is 5.97 Å². The topological polar surface area (TPSA) is 52.3 Å². The number of carbonyl (C=O) groups excluding carboxylic acids is 1. The van der Waals surface area contributed by atoms with Gasteiger partial charge in [-0.25, -0.2) is 0 Å². The molecule has 0 bridgehead atoms. The molecule has 1 rings (SSSR count). The Bertz CT molecular complexity index is 389. The molecule has 1 aromatic carbocycles. The van der Waals surface area contributed by atoms with Crippen LogP contribution < -0.4 is 5.73 Å². The van der Waals surface area contributed by atoms with Crippen LogP contribution in [0.25, 0.3) is 0 Å². The van der Waals surface area contributed by atoms with Crippen molar-refractivity contribution >= 4 is 21.9 Å². The van der Waals surface area contributed by atoms with Crippen molar-refractivity contribution in [3.63, 3.8) is 0 Å². The van der Waals surface area contributed by atoms with Gasteiger partial charge in [0, 0.05) is 4.47 Å². The van der Waals surface area contributed by atoms with Crippen LogP contribution in [0.5, 0.6) is 0 Å². The average Bonchev–Trinajstić information content (AvgIpc) is 2.35. The summed E-state index contributed by atoms with van der Waals surface area (Å²) in [7, 11) is 0. The zero-order valence-corrected chi connectivity index (χ0v) is 11.8. The quantitative estimate of drug-likeness (QED) is 0.850. The van der Waals surface area contributed by atoms with Crippen molar-refractivity contribution < 1.29 is 9.53 Å². The number of nitrogens with two attached hydrogens (primary N) is 1. The predicted molar refractivity (Wildman–Crippen MR) is 71.4 cm³/mol. The molecule has 2 N–H and O–H groups in total. The van der Waals surface area contributed by atoms with Crippen molar-refractivity contribution in [1.82, 2.24) is 0 Å². The fourth-order valence-corrected chi connectivity index (χ4v) is 1.90. The Labute approximate surface area is 110 Å². The first-order valence-corrected chi connectivity index (χ1v) is 6.51.